The molecule has 0 amide bonds. The summed E-state index contributed by atoms with van der Waals surface area (Å²) in [5.74, 6) is -0.274. The molecule has 1 atom stereocenters. The third-order valence-corrected chi connectivity index (χ3v) is 2.83. The van der Waals surface area contributed by atoms with E-state index in [1.165, 1.54) is 6.07 Å². The molecule has 2 nitrogen and oxygen atoms in total. The van der Waals surface area contributed by atoms with Gasteiger partial charge in [-0.15, -0.1) is 0 Å². The Morgan fingerprint density at radius 1 is 1.47 bits per heavy atom. The fourth-order valence-electron chi connectivity index (χ4n) is 1.45. The van der Waals surface area contributed by atoms with Crippen LogP contribution in [0, 0.1) is 5.82 Å². The molecule has 1 N–H and O–H groups in total. The van der Waals surface area contributed by atoms with Gasteiger partial charge in [0.25, 0.3) is 0 Å². The van der Waals surface area contributed by atoms with Crippen LogP contribution in [0.3, 0.4) is 0 Å². The van der Waals surface area contributed by atoms with E-state index < -0.39 is 0 Å². The Hall–Kier alpha value is -1.09. The molecule has 0 heterocycles. The topological polar surface area (TPSA) is 23.5 Å². The fourth-order valence-corrected chi connectivity index (χ4v) is 1.45. The summed E-state index contributed by atoms with van der Waals surface area (Å²) in [7, 11) is 1.88. The van der Waals surface area contributed by atoms with Crippen LogP contribution in [0.15, 0.2) is 18.2 Å². The molecule has 0 aliphatic heterocycles. The Bertz CT molecular complexity index is 327. The van der Waals surface area contributed by atoms with Gasteiger partial charge in [-0.05, 0) is 31.0 Å². The van der Waals surface area contributed by atoms with Crippen LogP contribution in [0.1, 0.15) is 25.8 Å². The first-order valence-corrected chi connectivity index (χ1v) is 5.22. The molecule has 0 fully saturated rings. The van der Waals surface area contributed by atoms with Gasteiger partial charge in [-0.2, -0.15) is 0 Å². The average molecular weight is 211 g/mol. The number of aliphatic hydroxyl groups excluding tert-OH is 1. The van der Waals surface area contributed by atoms with Gasteiger partial charge in [0.2, 0.25) is 0 Å². The van der Waals surface area contributed by atoms with Gasteiger partial charge in [-0.3, -0.25) is 0 Å². The first-order chi connectivity index (χ1) is 7.10. The van der Waals surface area contributed by atoms with Gasteiger partial charge in [0, 0.05) is 13.1 Å². The molecule has 1 unspecified atom stereocenters. The van der Waals surface area contributed by atoms with Gasteiger partial charge in [-0.25, -0.2) is 4.39 Å². The van der Waals surface area contributed by atoms with Crippen molar-refractivity contribution in [3.8, 4) is 0 Å². The summed E-state index contributed by atoms with van der Waals surface area (Å²) in [4.78, 5) is 1.91. The quantitative estimate of drug-likeness (QED) is 0.827. The van der Waals surface area contributed by atoms with Gasteiger partial charge in [0.1, 0.15) is 5.82 Å². The molecule has 3 heteroatoms. The number of aliphatic hydroxyl groups is 1. The number of anilines is 1. The van der Waals surface area contributed by atoms with Gasteiger partial charge >= 0.3 is 0 Å². The van der Waals surface area contributed by atoms with E-state index in [-0.39, 0.29) is 12.4 Å². The van der Waals surface area contributed by atoms with Gasteiger partial charge < -0.3 is 10.0 Å². The van der Waals surface area contributed by atoms with Crippen molar-refractivity contribution < 1.29 is 9.50 Å². The molecule has 0 aliphatic rings. The van der Waals surface area contributed by atoms with Crippen LogP contribution in [0.25, 0.3) is 0 Å². The normalized spacial score (nSPS) is 12.6. The lowest BCUT2D eigenvalue weighted by atomic mass is 10.1. The maximum absolute atomic E-state index is 13.6. The molecular weight excluding hydrogens is 193 g/mol. The van der Waals surface area contributed by atoms with Gasteiger partial charge in [-0.1, -0.05) is 13.0 Å². The summed E-state index contributed by atoms with van der Waals surface area (Å²) < 4.78 is 13.6. The predicted molar refractivity (Wildman–Crippen MR) is 60.5 cm³/mol. The third kappa shape index (κ3) is 2.69. The van der Waals surface area contributed by atoms with E-state index in [1.807, 2.05) is 11.9 Å². The largest absolute Gasteiger partial charge is 0.392 e. The van der Waals surface area contributed by atoms with Crippen LogP contribution < -0.4 is 4.90 Å². The highest BCUT2D eigenvalue weighted by atomic mass is 19.1. The van der Waals surface area contributed by atoms with Gasteiger partial charge in [0.15, 0.2) is 0 Å². The summed E-state index contributed by atoms with van der Waals surface area (Å²) in [6, 6.07) is 5.15. The minimum atomic E-state index is -0.274. The summed E-state index contributed by atoms with van der Waals surface area (Å²) in [5, 5.41) is 8.87. The average Bonchev–Trinajstić information content (AvgIpc) is 2.26. The van der Waals surface area contributed by atoms with E-state index in [9.17, 15) is 4.39 Å². The van der Waals surface area contributed by atoms with Crippen molar-refractivity contribution in [3.63, 3.8) is 0 Å². The fraction of sp³-hybridized carbons (Fsp3) is 0.500. The van der Waals surface area contributed by atoms with Crippen LogP contribution in [-0.4, -0.2) is 18.2 Å². The van der Waals surface area contributed by atoms with Crippen LogP contribution >= 0.6 is 0 Å². The van der Waals surface area contributed by atoms with E-state index in [4.69, 9.17) is 5.11 Å². The van der Waals surface area contributed by atoms with Crippen LogP contribution in [0.4, 0.5) is 10.1 Å². The highest BCUT2D eigenvalue weighted by molar-refractivity contribution is 5.49. The van der Waals surface area contributed by atoms with Crippen molar-refractivity contribution in [3.05, 3.63) is 29.6 Å². The molecular formula is C12H18FNO. The number of hydrogen-bond donors (Lipinski definition) is 1. The second kappa shape index (κ2) is 5.12. The van der Waals surface area contributed by atoms with Crippen molar-refractivity contribution in [2.75, 3.05) is 11.9 Å². The number of nitrogens with zero attached hydrogens (tertiary/aromatic N) is 1. The zero-order valence-corrected chi connectivity index (χ0v) is 9.50. The maximum atomic E-state index is 13.6. The predicted octanol–water partition coefficient (Wildman–Crippen LogP) is 2.55. The highest BCUT2D eigenvalue weighted by Crippen LogP contribution is 2.22. The van der Waals surface area contributed by atoms with E-state index in [1.54, 1.807) is 12.1 Å². The summed E-state index contributed by atoms with van der Waals surface area (Å²) in [5.41, 5.74) is 1.19. The lowest BCUT2D eigenvalue weighted by Gasteiger charge is -2.26. The SMILES string of the molecule is CCC(C)N(C)c1ccc(CO)cc1F. The smallest absolute Gasteiger partial charge is 0.146 e. The number of hydrogen-bond acceptors (Lipinski definition) is 2. The van der Waals surface area contributed by atoms with Crippen molar-refractivity contribution in [1.29, 1.82) is 0 Å². The molecule has 15 heavy (non-hydrogen) atoms. The summed E-state index contributed by atoms with van der Waals surface area (Å²) in [6.45, 7) is 4.00. The molecule has 0 bridgehead atoms. The third-order valence-electron chi connectivity index (χ3n) is 2.83. The van der Waals surface area contributed by atoms with Crippen LogP contribution in [0.5, 0.6) is 0 Å². The standard InChI is InChI=1S/C12H18FNO/c1-4-9(2)14(3)12-6-5-10(8-15)7-11(12)13/h5-7,9,15H,4,8H2,1-3H3. The lowest BCUT2D eigenvalue weighted by molar-refractivity contribution is 0.281. The zero-order valence-electron chi connectivity index (χ0n) is 9.50. The monoisotopic (exact) mass is 211 g/mol. The van der Waals surface area contributed by atoms with Crippen molar-refractivity contribution >= 4 is 5.69 Å². The molecule has 0 saturated heterocycles. The Balaban J connectivity index is 2.95. The molecule has 1 aromatic carbocycles. The van der Waals surface area contributed by atoms with Crippen LogP contribution in [0.2, 0.25) is 0 Å². The second-order valence-corrected chi connectivity index (χ2v) is 3.81. The molecule has 0 spiro atoms. The molecule has 1 rings (SSSR count). The number of halogens is 1. The molecule has 0 aromatic heterocycles. The Labute approximate surface area is 90.3 Å². The Morgan fingerprint density at radius 3 is 2.60 bits per heavy atom. The molecule has 84 valence electrons. The van der Waals surface area contributed by atoms with Crippen molar-refractivity contribution in [1.82, 2.24) is 0 Å². The van der Waals surface area contributed by atoms with E-state index in [0.717, 1.165) is 6.42 Å². The molecule has 1 aromatic rings. The number of benzene rings is 1. The molecule has 0 aliphatic carbocycles. The minimum Gasteiger partial charge on any atom is -0.392 e. The first-order valence-electron chi connectivity index (χ1n) is 5.22. The van der Waals surface area contributed by atoms with Gasteiger partial charge in [0.05, 0.1) is 12.3 Å². The first kappa shape index (κ1) is 12.0. The Kier molecular flexibility index (Phi) is 4.09. The molecule has 0 radical (unpaired) electrons. The minimum absolute atomic E-state index is 0.121. The summed E-state index contributed by atoms with van der Waals surface area (Å²) in [6.07, 6.45) is 0.970. The van der Waals surface area contributed by atoms with E-state index in [2.05, 4.69) is 13.8 Å². The van der Waals surface area contributed by atoms with Crippen LogP contribution in [-0.2, 0) is 6.61 Å². The lowest BCUT2D eigenvalue weighted by Crippen LogP contribution is -2.28. The zero-order chi connectivity index (χ0) is 11.4. The Morgan fingerprint density at radius 2 is 2.13 bits per heavy atom. The maximum Gasteiger partial charge on any atom is 0.146 e. The second-order valence-electron chi connectivity index (χ2n) is 3.81. The number of rotatable bonds is 4. The van der Waals surface area contributed by atoms with E-state index >= 15 is 0 Å². The van der Waals surface area contributed by atoms with E-state index in [0.29, 0.717) is 17.3 Å². The van der Waals surface area contributed by atoms with Crippen molar-refractivity contribution in [2.24, 2.45) is 0 Å². The highest BCUT2D eigenvalue weighted by Gasteiger charge is 2.12. The van der Waals surface area contributed by atoms with Crippen molar-refractivity contribution in [2.45, 2.75) is 32.9 Å². The summed E-state index contributed by atoms with van der Waals surface area (Å²) >= 11 is 0. The molecule has 0 saturated carbocycles.